The minimum absolute atomic E-state index is 0.0415. The minimum atomic E-state index is -0.385. The Morgan fingerprint density at radius 3 is 2.45 bits per heavy atom. The van der Waals surface area contributed by atoms with E-state index in [4.69, 9.17) is 8.83 Å². The number of hydrogen-bond acceptors (Lipinski definition) is 7. The van der Waals surface area contributed by atoms with Gasteiger partial charge in [0.2, 0.25) is 11.9 Å². The van der Waals surface area contributed by atoms with Crippen LogP contribution in [0.1, 0.15) is 28.7 Å². The number of carbonyl (C=O) groups excluding carboxylic acids is 1. The van der Waals surface area contributed by atoms with E-state index in [-0.39, 0.29) is 18.0 Å². The summed E-state index contributed by atoms with van der Waals surface area (Å²) in [6, 6.07) is 3.81. The van der Waals surface area contributed by atoms with Crippen LogP contribution in [-0.2, 0) is 11.2 Å². The first kappa shape index (κ1) is 21.2. The summed E-state index contributed by atoms with van der Waals surface area (Å²) in [7, 11) is 0. The monoisotopic (exact) mass is 446 g/mol. The van der Waals surface area contributed by atoms with Gasteiger partial charge in [0.1, 0.15) is 11.2 Å². The molecule has 0 spiro atoms. The molecule has 1 fully saturated rings. The van der Waals surface area contributed by atoms with E-state index in [1.54, 1.807) is 24.7 Å². The maximum absolute atomic E-state index is 12.9. The van der Waals surface area contributed by atoms with Gasteiger partial charge in [0.25, 0.3) is 0 Å². The largest absolute Gasteiger partial charge is 0.464 e. The molecule has 8 nitrogen and oxygen atoms in total. The van der Waals surface area contributed by atoms with Gasteiger partial charge in [-0.3, -0.25) is 4.79 Å². The van der Waals surface area contributed by atoms with Gasteiger partial charge in [0.05, 0.1) is 6.26 Å². The van der Waals surface area contributed by atoms with Gasteiger partial charge in [0.15, 0.2) is 0 Å². The number of hydrogen-bond donors (Lipinski definition) is 0. The molecular weight excluding hydrogens is 420 g/mol. The van der Waals surface area contributed by atoms with Crippen LogP contribution in [0.3, 0.4) is 0 Å². The molecule has 3 aromatic heterocycles. The van der Waals surface area contributed by atoms with Crippen LogP contribution < -0.4 is 10.5 Å². The van der Waals surface area contributed by atoms with E-state index >= 15 is 0 Å². The van der Waals surface area contributed by atoms with E-state index in [2.05, 4.69) is 14.9 Å². The summed E-state index contributed by atoms with van der Waals surface area (Å²) in [5, 5.41) is 1.90. The quantitative estimate of drug-likeness (QED) is 0.443. The highest BCUT2D eigenvalue weighted by Crippen LogP contribution is 2.32. The molecule has 170 valence electrons. The predicted octanol–water partition coefficient (Wildman–Crippen LogP) is 3.54. The summed E-state index contributed by atoms with van der Waals surface area (Å²) in [4.78, 5) is 38.1. The fourth-order valence-corrected chi connectivity index (χ4v) is 4.61. The van der Waals surface area contributed by atoms with Crippen LogP contribution in [0.15, 0.2) is 44.4 Å². The first-order valence-corrected chi connectivity index (χ1v) is 11.2. The number of anilines is 1. The van der Waals surface area contributed by atoms with Crippen LogP contribution in [0.4, 0.5) is 5.95 Å². The van der Waals surface area contributed by atoms with Crippen LogP contribution in [-0.4, -0.2) is 47.0 Å². The first-order chi connectivity index (χ1) is 15.9. The lowest BCUT2D eigenvalue weighted by Gasteiger charge is -2.34. The van der Waals surface area contributed by atoms with Crippen LogP contribution in [0.5, 0.6) is 0 Å². The van der Waals surface area contributed by atoms with Gasteiger partial charge in [-0.05, 0) is 50.5 Å². The van der Waals surface area contributed by atoms with Gasteiger partial charge in [0, 0.05) is 66.9 Å². The summed E-state index contributed by atoms with van der Waals surface area (Å²) in [5.74, 6) is 0.728. The number of piperazine rings is 1. The second kappa shape index (κ2) is 8.35. The number of fused-ring (bicyclic) bond motifs is 2. The highest BCUT2D eigenvalue weighted by atomic mass is 16.4. The molecule has 0 saturated carbocycles. The molecule has 0 radical (unpaired) electrons. The van der Waals surface area contributed by atoms with E-state index in [0.29, 0.717) is 49.7 Å². The predicted molar refractivity (Wildman–Crippen MR) is 126 cm³/mol. The average molecular weight is 447 g/mol. The van der Waals surface area contributed by atoms with Crippen molar-refractivity contribution in [1.29, 1.82) is 0 Å². The first-order valence-electron chi connectivity index (χ1n) is 11.2. The van der Waals surface area contributed by atoms with Crippen molar-refractivity contribution < 1.29 is 13.6 Å². The molecule has 0 bridgehead atoms. The molecule has 4 heterocycles. The Kier molecular flexibility index (Phi) is 5.36. The summed E-state index contributed by atoms with van der Waals surface area (Å²) in [5.41, 5.74) is 4.19. The molecule has 5 rings (SSSR count). The number of aryl methyl sites for hydroxylation is 3. The Labute approximate surface area is 190 Å². The molecule has 8 heteroatoms. The van der Waals surface area contributed by atoms with Crippen LogP contribution in [0, 0.1) is 20.8 Å². The fourth-order valence-electron chi connectivity index (χ4n) is 4.61. The molecule has 33 heavy (non-hydrogen) atoms. The van der Waals surface area contributed by atoms with Crippen molar-refractivity contribution in [2.24, 2.45) is 0 Å². The zero-order valence-corrected chi connectivity index (χ0v) is 19.1. The van der Waals surface area contributed by atoms with Gasteiger partial charge in [-0.2, -0.15) is 0 Å². The molecule has 4 aromatic rings. The normalized spacial score (nSPS) is 14.4. The van der Waals surface area contributed by atoms with E-state index in [9.17, 15) is 9.59 Å². The van der Waals surface area contributed by atoms with E-state index < -0.39 is 0 Å². The van der Waals surface area contributed by atoms with Crippen LogP contribution >= 0.6 is 0 Å². The van der Waals surface area contributed by atoms with Crippen molar-refractivity contribution >= 4 is 33.8 Å². The third-order valence-corrected chi connectivity index (χ3v) is 6.59. The van der Waals surface area contributed by atoms with Gasteiger partial charge in [-0.1, -0.05) is 0 Å². The van der Waals surface area contributed by atoms with Crippen molar-refractivity contribution in [2.45, 2.75) is 33.6 Å². The molecule has 0 aliphatic carbocycles. The Hall–Kier alpha value is -3.68. The third kappa shape index (κ3) is 3.75. The standard InChI is InChI=1S/C25H26N4O4/c1-15-14-32-22-17(3)23-20(13-19(15)22)16(2)18(24(31)33-23)5-6-21(30)28-9-11-29(12-10-28)25-26-7-4-8-27-25/h4,7-8,13-14H,5-6,9-12H2,1-3H3. The average Bonchev–Trinajstić information content (AvgIpc) is 3.21. The molecule has 1 saturated heterocycles. The zero-order valence-electron chi connectivity index (χ0n) is 19.1. The second-order valence-corrected chi connectivity index (χ2v) is 8.58. The molecule has 1 aliphatic rings. The highest BCUT2D eigenvalue weighted by Gasteiger charge is 2.23. The minimum Gasteiger partial charge on any atom is -0.464 e. The lowest BCUT2D eigenvalue weighted by atomic mass is 9.98. The number of benzene rings is 1. The number of nitrogens with zero attached hydrogens (tertiary/aromatic N) is 4. The maximum Gasteiger partial charge on any atom is 0.339 e. The smallest absolute Gasteiger partial charge is 0.339 e. The summed E-state index contributed by atoms with van der Waals surface area (Å²) < 4.78 is 11.4. The second-order valence-electron chi connectivity index (χ2n) is 8.58. The lowest BCUT2D eigenvalue weighted by Crippen LogP contribution is -2.49. The number of carbonyl (C=O) groups is 1. The Morgan fingerprint density at radius 2 is 1.73 bits per heavy atom. The Balaban J connectivity index is 1.32. The van der Waals surface area contributed by atoms with Crippen molar-refractivity contribution in [1.82, 2.24) is 14.9 Å². The number of rotatable bonds is 4. The van der Waals surface area contributed by atoms with Crippen molar-refractivity contribution in [2.75, 3.05) is 31.1 Å². The molecule has 0 unspecified atom stereocenters. The van der Waals surface area contributed by atoms with Crippen LogP contribution in [0.2, 0.25) is 0 Å². The highest BCUT2D eigenvalue weighted by molar-refractivity contribution is 5.99. The maximum atomic E-state index is 12.9. The topological polar surface area (TPSA) is 92.7 Å². The molecule has 1 amide bonds. The molecular formula is C25H26N4O4. The van der Waals surface area contributed by atoms with E-state index in [0.717, 1.165) is 33.0 Å². The van der Waals surface area contributed by atoms with Gasteiger partial charge in [-0.15, -0.1) is 0 Å². The summed E-state index contributed by atoms with van der Waals surface area (Å²) >= 11 is 0. The zero-order chi connectivity index (χ0) is 23.1. The van der Waals surface area contributed by atoms with E-state index in [1.807, 2.05) is 31.7 Å². The van der Waals surface area contributed by atoms with Crippen molar-refractivity contribution in [3.63, 3.8) is 0 Å². The van der Waals surface area contributed by atoms with Crippen LogP contribution in [0.25, 0.3) is 21.9 Å². The van der Waals surface area contributed by atoms with E-state index in [1.165, 1.54) is 0 Å². The Morgan fingerprint density at radius 1 is 1.00 bits per heavy atom. The molecule has 1 aliphatic heterocycles. The third-order valence-electron chi connectivity index (χ3n) is 6.59. The SMILES string of the molecule is Cc1coc2c(C)c3oc(=O)c(CCC(=O)N4CCN(c5ncccn5)CC4)c(C)c3cc12. The lowest BCUT2D eigenvalue weighted by molar-refractivity contribution is -0.131. The number of aromatic nitrogens is 2. The Bertz CT molecular complexity index is 1400. The number of amides is 1. The van der Waals surface area contributed by atoms with Gasteiger partial charge in [-0.25, -0.2) is 14.8 Å². The molecule has 0 N–H and O–H groups in total. The molecule has 0 atom stereocenters. The summed E-state index contributed by atoms with van der Waals surface area (Å²) in [6.45, 7) is 8.42. The number of furan rings is 1. The fraction of sp³-hybridized carbons (Fsp3) is 0.360. The molecule has 1 aromatic carbocycles. The van der Waals surface area contributed by atoms with Crippen molar-refractivity contribution in [3.05, 3.63) is 63.5 Å². The summed E-state index contributed by atoms with van der Waals surface area (Å²) in [6.07, 6.45) is 5.78. The van der Waals surface area contributed by atoms with Gasteiger partial charge >= 0.3 is 5.63 Å². The van der Waals surface area contributed by atoms with Gasteiger partial charge < -0.3 is 18.6 Å². The van der Waals surface area contributed by atoms with Crippen molar-refractivity contribution in [3.8, 4) is 0 Å².